The van der Waals surface area contributed by atoms with E-state index in [0.29, 0.717) is 30.5 Å². The molecule has 4 rings (SSSR count). The molecule has 1 aliphatic rings. The summed E-state index contributed by atoms with van der Waals surface area (Å²) in [5, 5.41) is 0.935. The van der Waals surface area contributed by atoms with Gasteiger partial charge in [0.25, 0.3) is 0 Å². The predicted octanol–water partition coefficient (Wildman–Crippen LogP) is 3.26. The molecule has 3 aromatic rings. The Morgan fingerprint density at radius 1 is 1.07 bits per heavy atom. The van der Waals surface area contributed by atoms with Crippen LogP contribution in [0, 0.1) is 0 Å². The maximum Gasteiger partial charge on any atom is 0.240 e. The first-order valence-corrected chi connectivity index (χ1v) is 10.5. The third-order valence-electron chi connectivity index (χ3n) is 4.53. The smallest absolute Gasteiger partial charge is 0.240 e. The molecule has 1 atom stereocenters. The minimum Gasteiger partial charge on any atom is -0.490 e. The van der Waals surface area contributed by atoms with Crippen LogP contribution in [0.2, 0.25) is 0 Å². The van der Waals surface area contributed by atoms with Gasteiger partial charge in [0.1, 0.15) is 17.4 Å². The number of para-hydroxylation sites is 1. The van der Waals surface area contributed by atoms with Gasteiger partial charge in [-0.15, -0.1) is 0 Å². The van der Waals surface area contributed by atoms with E-state index in [-0.39, 0.29) is 11.4 Å². The number of nitrogens with one attached hydrogen (secondary N) is 1. The fourth-order valence-electron chi connectivity index (χ4n) is 3.04. The second-order valence-corrected chi connectivity index (χ2v) is 8.19. The van der Waals surface area contributed by atoms with Gasteiger partial charge in [-0.2, -0.15) is 0 Å². The lowest BCUT2D eigenvalue weighted by Crippen LogP contribution is -2.29. The number of rotatable bonds is 6. The Hall–Kier alpha value is -2.55. The second-order valence-electron chi connectivity index (χ2n) is 6.42. The number of fused-ring (bicyclic) bond motifs is 2. The molecule has 1 aromatic heterocycles. The van der Waals surface area contributed by atoms with Gasteiger partial charge in [-0.3, -0.25) is 0 Å². The highest BCUT2D eigenvalue weighted by molar-refractivity contribution is 7.89. The molecule has 0 aliphatic carbocycles. The number of methoxy groups -OCH3 is 1. The zero-order valence-electron chi connectivity index (χ0n) is 15.4. The van der Waals surface area contributed by atoms with E-state index < -0.39 is 16.1 Å². The molecule has 148 valence electrons. The van der Waals surface area contributed by atoms with Crippen LogP contribution >= 0.6 is 0 Å². The van der Waals surface area contributed by atoms with Crippen molar-refractivity contribution in [2.24, 2.45) is 0 Å². The van der Waals surface area contributed by atoms with Crippen LogP contribution in [-0.2, 0) is 14.8 Å². The third-order valence-corrected chi connectivity index (χ3v) is 5.96. The van der Waals surface area contributed by atoms with Crippen molar-refractivity contribution < 1.29 is 27.0 Å². The van der Waals surface area contributed by atoms with Crippen LogP contribution in [0.1, 0.15) is 18.3 Å². The van der Waals surface area contributed by atoms with Crippen molar-refractivity contribution in [3.63, 3.8) is 0 Å². The lowest BCUT2D eigenvalue weighted by molar-refractivity contribution is 0.0893. The van der Waals surface area contributed by atoms with Crippen molar-refractivity contribution in [1.29, 1.82) is 0 Å². The van der Waals surface area contributed by atoms with Gasteiger partial charge in [0, 0.05) is 31.5 Å². The van der Waals surface area contributed by atoms with Crippen LogP contribution in [0.25, 0.3) is 11.0 Å². The van der Waals surface area contributed by atoms with Crippen LogP contribution in [0.5, 0.6) is 11.5 Å². The highest BCUT2D eigenvalue weighted by Gasteiger charge is 2.22. The second kappa shape index (κ2) is 7.83. The van der Waals surface area contributed by atoms with E-state index >= 15 is 0 Å². The average molecular weight is 403 g/mol. The van der Waals surface area contributed by atoms with E-state index in [9.17, 15) is 8.42 Å². The molecule has 8 heteroatoms. The molecule has 0 fully saturated rings. The quantitative estimate of drug-likeness (QED) is 0.680. The summed E-state index contributed by atoms with van der Waals surface area (Å²) in [6, 6.07) is 14.0. The fourth-order valence-corrected chi connectivity index (χ4v) is 4.09. The molecule has 1 aliphatic heterocycles. The molecule has 0 unspecified atom stereocenters. The zero-order valence-corrected chi connectivity index (χ0v) is 16.2. The van der Waals surface area contributed by atoms with E-state index in [1.165, 1.54) is 19.2 Å². The summed E-state index contributed by atoms with van der Waals surface area (Å²) >= 11 is 0. The Morgan fingerprint density at radius 3 is 2.64 bits per heavy atom. The van der Waals surface area contributed by atoms with Gasteiger partial charge < -0.3 is 18.6 Å². The average Bonchev–Trinajstić information content (AvgIpc) is 2.98. The fraction of sp³-hybridized carbons (Fsp3) is 0.300. The minimum atomic E-state index is -3.76. The highest BCUT2D eigenvalue weighted by Crippen LogP contribution is 2.32. The standard InChI is InChI=1S/C20H21NO6S/c1-24-20(19-11-14-5-2-3-6-16(14)27-19)13-21-28(22,23)15-7-8-17-18(12-15)26-10-4-9-25-17/h2-3,5-8,11-12,20-21H,4,9-10,13H2,1H3/t20-/m0/s1. The van der Waals surface area contributed by atoms with Crippen molar-refractivity contribution in [2.45, 2.75) is 17.4 Å². The summed E-state index contributed by atoms with van der Waals surface area (Å²) in [6.45, 7) is 1.07. The Kier molecular flexibility index (Phi) is 5.25. The van der Waals surface area contributed by atoms with Crippen LogP contribution < -0.4 is 14.2 Å². The number of ether oxygens (including phenoxy) is 3. The molecule has 1 N–H and O–H groups in total. The van der Waals surface area contributed by atoms with Crippen LogP contribution in [0.3, 0.4) is 0 Å². The van der Waals surface area contributed by atoms with Gasteiger partial charge in [0.05, 0.1) is 18.1 Å². The number of hydrogen-bond donors (Lipinski definition) is 1. The van der Waals surface area contributed by atoms with Gasteiger partial charge in [-0.1, -0.05) is 18.2 Å². The monoisotopic (exact) mass is 403 g/mol. The Bertz CT molecular complexity index is 1040. The summed E-state index contributed by atoms with van der Waals surface area (Å²) in [4.78, 5) is 0.108. The maximum absolute atomic E-state index is 12.7. The molecule has 0 spiro atoms. The van der Waals surface area contributed by atoms with E-state index in [1.807, 2.05) is 30.3 Å². The molecule has 0 amide bonds. The molecule has 0 saturated carbocycles. The summed E-state index contributed by atoms with van der Waals surface area (Å²) < 4.78 is 50.4. The molecule has 0 radical (unpaired) electrons. The summed E-state index contributed by atoms with van der Waals surface area (Å²) in [5.41, 5.74) is 0.727. The summed E-state index contributed by atoms with van der Waals surface area (Å²) in [7, 11) is -2.24. The van der Waals surface area contributed by atoms with Crippen molar-refractivity contribution >= 4 is 21.0 Å². The lowest BCUT2D eigenvalue weighted by Gasteiger charge is -2.15. The van der Waals surface area contributed by atoms with E-state index in [0.717, 1.165) is 17.4 Å². The first-order valence-electron chi connectivity index (χ1n) is 8.97. The summed E-state index contributed by atoms with van der Waals surface area (Å²) in [5.74, 6) is 1.54. The highest BCUT2D eigenvalue weighted by atomic mass is 32.2. The topological polar surface area (TPSA) is 87.0 Å². The first kappa shape index (κ1) is 18.8. The van der Waals surface area contributed by atoms with Gasteiger partial charge in [0.2, 0.25) is 10.0 Å². The van der Waals surface area contributed by atoms with Gasteiger partial charge in [0.15, 0.2) is 11.5 Å². The third kappa shape index (κ3) is 3.84. The molecular weight excluding hydrogens is 382 g/mol. The molecular formula is C20H21NO6S. The minimum absolute atomic E-state index is 0.0348. The summed E-state index contributed by atoms with van der Waals surface area (Å²) in [6.07, 6.45) is 0.199. The Balaban J connectivity index is 1.51. The van der Waals surface area contributed by atoms with Crippen LogP contribution in [0.15, 0.2) is 57.8 Å². The lowest BCUT2D eigenvalue weighted by atomic mass is 10.2. The maximum atomic E-state index is 12.7. The Morgan fingerprint density at radius 2 is 1.86 bits per heavy atom. The molecule has 2 aromatic carbocycles. The first-order chi connectivity index (χ1) is 13.6. The number of furan rings is 1. The van der Waals surface area contributed by atoms with Crippen molar-refractivity contribution in [3.05, 3.63) is 54.3 Å². The molecule has 7 nitrogen and oxygen atoms in total. The van der Waals surface area contributed by atoms with Crippen LogP contribution in [-0.4, -0.2) is 35.3 Å². The van der Waals surface area contributed by atoms with Crippen LogP contribution in [0.4, 0.5) is 0 Å². The predicted molar refractivity (Wildman–Crippen MR) is 103 cm³/mol. The van der Waals surface area contributed by atoms with Gasteiger partial charge >= 0.3 is 0 Å². The molecule has 28 heavy (non-hydrogen) atoms. The van der Waals surface area contributed by atoms with Gasteiger partial charge in [-0.05, 0) is 24.3 Å². The number of benzene rings is 2. The Labute approximate surface area is 163 Å². The van der Waals surface area contributed by atoms with Crippen molar-refractivity contribution in [2.75, 3.05) is 26.9 Å². The zero-order chi connectivity index (χ0) is 19.6. The molecule has 2 heterocycles. The van der Waals surface area contributed by atoms with Gasteiger partial charge in [-0.25, -0.2) is 13.1 Å². The number of sulfonamides is 1. The number of hydrogen-bond acceptors (Lipinski definition) is 6. The van der Waals surface area contributed by atoms with E-state index in [4.69, 9.17) is 18.6 Å². The SMILES string of the molecule is CO[C@@H](CNS(=O)(=O)c1ccc2c(c1)OCCCO2)c1cc2ccccc2o1. The molecule has 0 saturated heterocycles. The normalized spacial score (nSPS) is 15.3. The van der Waals surface area contributed by atoms with E-state index in [1.54, 1.807) is 6.07 Å². The van der Waals surface area contributed by atoms with Crippen molar-refractivity contribution in [1.82, 2.24) is 4.72 Å². The van der Waals surface area contributed by atoms with Crippen molar-refractivity contribution in [3.8, 4) is 11.5 Å². The largest absolute Gasteiger partial charge is 0.490 e. The molecule has 0 bridgehead atoms. The van der Waals surface area contributed by atoms with E-state index in [2.05, 4.69) is 4.72 Å².